The SMILES string of the molecule is CC(C)(O)Cn1cc(-c2cc(N(CC34CCC(c5noc(C(C)(F)F)n5)(CC3)CC4)C(=O)NC34CCC3CC4)ccc2F)cn1. The Morgan fingerprint density at radius 2 is 1.80 bits per heavy atom. The van der Waals surface area contributed by atoms with Crippen LogP contribution in [0.25, 0.3) is 11.1 Å². The van der Waals surface area contributed by atoms with Crippen molar-refractivity contribution in [3.63, 3.8) is 0 Å². The number of nitrogens with one attached hydrogen (secondary N) is 1. The largest absolute Gasteiger partial charge is 0.389 e. The third-order valence-electron chi connectivity index (χ3n) is 11.2. The average Bonchev–Trinajstić information content (AvgIpc) is 3.67. The highest BCUT2D eigenvalue weighted by atomic mass is 19.3. The van der Waals surface area contributed by atoms with Crippen LogP contribution >= 0.6 is 0 Å². The summed E-state index contributed by atoms with van der Waals surface area (Å²) in [5.74, 6) is -3.39. The van der Waals surface area contributed by atoms with Gasteiger partial charge in [-0.15, -0.1) is 0 Å². The lowest BCUT2D eigenvalue weighted by Crippen LogP contribution is -2.68. The topological polar surface area (TPSA) is 109 Å². The fraction of sp³-hybridized carbons (Fsp3) is 0.636. The van der Waals surface area contributed by atoms with Crippen molar-refractivity contribution >= 4 is 11.7 Å². The number of fused-ring (bicyclic) bond motifs is 4. The summed E-state index contributed by atoms with van der Waals surface area (Å²) in [5, 5.41) is 21.9. The molecule has 242 valence electrons. The number of rotatable bonds is 9. The molecule has 5 aliphatic rings. The van der Waals surface area contributed by atoms with E-state index >= 15 is 4.39 Å². The van der Waals surface area contributed by atoms with Crippen molar-refractivity contribution in [2.45, 2.75) is 114 Å². The van der Waals surface area contributed by atoms with Gasteiger partial charge in [0.2, 0.25) is 0 Å². The van der Waals surface area contributed by atoms with Gasteiger partial charge in [0.15, 0.2) is 5.82 Å². The summed E-state index contributed by atoms with van der Waals surface area (Å²) in [6, 6.07) is 4.61. The number of amides is 2. The molecule has 0 aliphatic heterocycles. The first-order valence-electron chi connectivity index (χ1n) is 16.1. The van der Waals surface area contributed by atoms with Crippen LogP contribution < -0.4 is 10.2 Å². The van der Waals surface area contributed by atoms with Crippen molar-refractivity contribution in [1.29, 1.82) is 0 Å². The van der Waals surface area contributed by atoms with Gasteiger partial charge in [0.1, 0.15) is 5.82 Å². The molecule has 5 saturated carbocycles. The number of carbonyl (C=O) groups is 1. The van der Waals surface area contributed by atoms with Gasteiger partial charge in [0, 0.05) is 47.4 Å². The molecule has 8 rings (SSSR count). The molecule has 2 heterocycles. The molecule has 5 aliphatic carbocycles. The van der Waals surface area contributed by atoms with E-state index in [9.17, 15) is 18.7 Å². The lowest BCUT2D eigenvalue weighted by Gasteiger charge is -2.59. The van der Waals surface area contributed by atoms with Gasteiger partial charge in [-0.3, -0.25) is 9.58 Å². The van der Waals surface area contributed by atoms with Crippen LogP contribution in [0.5, 0.6) is 0 Å². The van der Waals surface area contributed by atoms with Crippen LogP contribution in [0, 0.1) is 17.2 Å². The van der Waals surface area contributed by atoms with Gasteiger partial charge in [0.05, 0.1) is 18.3 Å². The molecule has 0 atom stereocenters. The Labute approximate surface area is 260 Å². The average molecular weight is 627 g/mol. The van der Waals surface area contributed by atoms with Gasteiger partial charge in [-0.25, -0.2) is 9.18 Å². The van der Waals surface area contributed by atoms with Crippen LogP contribution in [0.4, 0.5) is 23.7 Å². The highest BCUT2D eigenvalue weighted by Crippen LogP contribution is 2.58. The quantitative estimate of drug-likeness (QED) is 0.274. The minimum absolute atomic E-state index is 0.139. The van der Waals surface area contributed by atoms with Gasteiger partial charge in [-0.1, -0.05) is 5.16 Å². The first-order valence-corrected chi connectivity index (χ1v) is 16.1. The van der Waals surface area contributed by atoms with E-state index in [1.807, 2.05) is 0 Å². The minimum Gasteiger partial charge on any atom is -0.389 e. The summed E-state index contributed by atoms with van der Waals surface area (Å²) in [4.78, 5) is 20.0. The molecule has 0 unspecified atom stereocenters. The van der Waals surface area contributed by atoms with E-state index in [0.29, 0.717) is 35.1 Å². The normalized spacial score (nSPS) is 29.1. The smallest absolute Gasteiger partial charge is 0.322 e. The molecule has 2 aromatic heterocycles. The Morgan fingerprint density at radius 3 is 2.36 bits per heavy atom. The molecule has 9 nitrogen and oxygen atoms in total. The van der Waals surface area contributed by atoms with E-state index in [2.05, 4.69) is 20.6 Å². The molecule has 2 bridgehead atoms. The summed E-state index contributed by atoms with van der Waals surface area (Å²) >= 11 is 0. The molecule has 2 N–H and O–H groups in total. The van der Waals surface area contributed by atoms with Crippen molar-refractivity contribution in [2.24, 2.45) is 11.3 Å². The fourth-order valence-electron chi connectivity index (χ4n) is 8.13. The number of urea groups is 1. The van der Waals surface area contributed by atoms with Crippen LogP contribution in [-0.2, 0) is 17.9 Å². The maximum Gasteiger partial charge on any atom is 0.322 e. The maximum atomic E-state index is 15.3. The summed E-state index contributed by atoms with van der Waals surface area (Å²) in [6.07, 6.45) is 12.0. The zero-order valence-corrected chi connectivity index (χ0v) is 26.1. The second-order valence-electron chi connectivity index (χ2n) is 14.9. The van der Waals surface area contributed by atoms with Gasteiger partial charge < -0.3 is 14.9 Å². The highest BCUT2D eigenvalue weighted by Gasteiger charge is 2.56. The van der Waals surface area contributed by atoms with Crippen LogP contribution in [0.3, 0.4) is 0 Å². The molecule has 5 fully saturated rings. The molecule has 2 amide bonds. The number of hydrogen-bond acceptors (Lipinski definition) is 6. The van der Waals surface area contributed by atoms with Crippen molar-refractivity contribution in [1.82, 2.24) is 25.2 Å². The first kappa shape index (κ1) is 30.3. The number of aliphatic hydroxyl groups is 1. The standard InChI is InChI=1S/C33H41F3N6O3/c1-29(2,44)19-41-18-21(17-37-41)24-16-23(4-5-25(24)34)42(28(43)39-33-8-6-22(33)7-9-33)20-31-10-13-32(14-11-31,15-12-31)26-38-27(45-40-26)30(3,35)36/h4-5,16-18,22,44H,6-15,19-20H2,1-3H3,(H,39,43). The molecule has 1 aromatic carbocycles. The Bertz CT molecular complexity index is 1570. The molecular weight excluding hydrogens is 585 g/mol. The number of nitrogens with zero attached hydrogens (tertiary/aromatic N) is 5. The molecule has 12 heteroatoms. The number of anilines is 1. The number of aromatic nitrogens is 4. The number of carbonyl (C=O) groups excluding carboxylic acids is 1. The Kier molecular flexibility index (Phi) is 6.93. The number of halogens is 3. The zero-order valence-electron chi connectivity index (χ0n) is 26.1. The molecule has 3 aromatic rings. The van der Waals surface area contributed by atoms with Crippen molar-refractivity contribution in [3.05, 3.63) is 48.1 Å². The predicted molar refractivity (Wildman–Crippen MR) is 160 cm³/mol. The lowest BCUT2D eigenvalue weighted by molar-refractivity contribution is -0.0158. The predicted octanol–water partition coefficient (Wildman–Crippen LogP) is 6.71. The van der Waals surface area contributed by atoms with Crippen LogP contribution in [0.15, 0.2) is 35.1 Å². The van der Waals surface area contributed by atoms with E-state index in [1.165, 1.54) is 6.07 Å². The van der Waals surface area contributed by atoms with Gasteiger partial charge in [0.25, 0.3) is 5.89 Å². The fourth-order valence-corrected chi connectivity index (χ4v) is 8.13. The van der Waals surface area contributed by atoms with E-state index < -0.39 is 28.6 Å². The Balaban J connectivity index is 1.16. The molecule has 45 heavy (non-hydrogen) atoms. The van der Waals surface area contributed by atoms with Crippen molar-refractivity contribution < 1.29 is 27.6 Å². The second kappa shape index (κ2) is 10.3. The first-order chi connectivity index (χ1) is 21.2. The van der Waals surface area contributed by atoms with E-state index in [0.717, 1.165) is 71.1 Å². The van der Waals surface area contributed by atoms with Gasteiger partial charge >= 0.3 is 12.0 Å². The maximum absolute atomic E-state index is 15.3. The van der Waals surface area contributed by atoms with Crippen molar-refractivity contribution in [3.8, 4) is 11.1 Å². The number of benzene rings is 1. The van der Waals surface area contributed by atoms with Crippen LogP contribution in [0.2, 0.25) is 0 Å². The molecule has 0 saturated heterocycles. The summed E-state index contributed by atoms with van der Waals surface area (Å²) in [6.45, 7) is 4.84. The Hall–Kier alpha value is -3.41. The van der Waals surface area contributed by atoms with E-state index in [1.54, 1.807) is 48.0 Å². The highest BCUT2D eigenvalue weighted by molar-refractivity contribution is 5.93. The van der Waals surface area contributed by atoms with E-state index in [-0.39, 0.29) is 23.5 Å². The van der Waals surface area contributed by atoms with Crippen LogP contribution in [0.1, 0.15) is 96.7 Å². The third-order valence-corrected chi connectivity index (χ3v) is 11.2. The minimum atomic E-state index is -3.19. The second-order valence-corrected chi connectivity index (χ2v) is 14.9. The summed E-state index contributed by atoms with van der Waals surface area (Å²) in [5.41, 5.74) is -0.203. The lowest BCUT2D eigenvalue weighted by atomic mass is 9.53. The zero-order chi connectivity index (χ0) is 31.8. The molecule has 0 radical (unpaired) electrons. The molecule has 0 spiro atoms. The Morgan fingerprint density at radius 1 is 1.11 bits per heavy atom. The monoisotopic (exact) mass is 626 g/mol. The third kappa shape index (κ3) is 5.42. The van der Waals surface area contributed by atoms with Crippen molar-refractivity contribution in [2.75, 3.05) is 11.4 Å². The summed E-state index contributed by atoms with van der Waals surface area (Å²) < 4.78 is 49.5. The number of hydrogen-bond donors (Lipinski definition) is 2. The van der Waals surface area contributed by atoms with Crippen LogP contribution in [-0.4, -0.2) is 48.7 Å². The van der Waals surface area contributed by atoms with Gasteiger partial charge in [-0.05, 0) is 108 Å². The van der Waals surface area contributed by atoms with E-state index in [4.69, 9.17) is 4.52 Å². The number of alkyl halides is 2. The molecular formula is C33H41F3N6O3. The van der Waals surface area contributed by atoms with Gasteiger partial charge in [-0.2, -0.15) is 18.9 Å². The summed E-state index contributed by atoms with van der Waals surface area (Å²) in [7, 11) is 0.